The third-order valence-corrected chi connectivity index (χ3v) is 14.7. The average Bonchev–Trinajstić information content (AvgIpc) is 3.70. The highest BCUT2D eigenvalue weighted by Gasteiger charge is 2.43. The van der Waals surface area contributed by atoms with Crippen molar-refractivity contribution >= 4 is 63.5 Å². The van der Waals surface area contributed by atoms with Crippen LogP contribution in [-0.2, 0) is 56.1 Å². The first-order valence-electron chi connectivity index (χ1n) is 18.9. The number of rotatable bonds is 11. The van der Waals surface area contributed by atoms with Gasteiger partial charge >= 0.3 is 5.97 Å². The number of anilines is 2. The van der Waals surface area contributed by atoms with Gasteiger partial charge in [0.05, 0.1) is 41.5 Å². The van der Waals surface area contributed by atoms with E-state index in [1.807, 2.05) is 16.7 Å². The summed E-state index contributed by atoms with van der Waals surface area (Å²) in [5.41, 5.74) is 2.97. The Morgan fingerprint density at radius 3 is 1.50 bits per heavy atom. The van der Waals surface area contributed by atoms with Crippen molar-refractivity contribution in [2.45, 2.75) is 74.0 Å². The molecule has 0 aromatic heterocycles. The number of allylic oxidation sites excluding steroid dienone is 8. The fraction of sp³-hybridized carbons (Fsp3) is 0.436. The minimum absolute atomic E-state index is 0.181. The van der Waals surface area contributed by atoms with Gasteiger partial charge in [0, 0.05) is 64.3 Å². The number of nitrogens with zero attached hydrogens (tertiary/aromatic N) is 3. The van der Waals surface area contributed by atoms with Crippen LogP contribution < -0.4 is 9.80 Å². The highest BCUT2D eigenvalue weighted by molar-refractivity contribution is 7.86. The summed E-state index contributed by atoms with van der Waals surface area (Å²) in [6.45, 7) is 7.21. The zero-order chi connectivity index (χ0) is 44.4. The lowest BCUT2D eigenvalue weighted by molar-refractivity contribution is -0.542. The van der Waals surface area contributed by atoms with Crippen molar-refractivity contribution in [3.63, 3.8) is 0 Å². The predicted octanol–water partition coefficient (Wildman–Crippen LogP) is 2.84. The van der Waals surface area contributed by atoms with Gasteiger partial charge in [-0.15, -0.1) is 0 Å². The fourth-order valence-corrected chi connectivity index (χ4v) is 10.5. The van der Waals surface area contributed by atoms with Crippen LogP contribution in [0, 0.1) is 5.92 Å². The maximum Gasteiger partial charge on any atom is 0.312 e. The van der Waals surface area contributed by atoms with E-state index in [1.54, 1.807) is 49.6 Å². The molecule has 1 saturated carbocycles. The SMILES string of the molecule is CC1(C)/C(=C/C=C2\CC/C(=C\C=C3/N(CCS(=O)(=O)[O-])c4ccc(S(=O)(=O)[O-])cc4C3(C)C)C2=[N+]2CCCC(C(=O)O)C2)N(CCS(=O)(=O)[O-])c2ccc(S(=O)(=O)[O-])cc21. The van der Waals surface area contributed by atoms with Crippen LogP contribution in [0.25, 0.3) is 0 Å². The predicted molar refractivity (Wildman–Crippen MR) is 216 cm³/mol. The highest BCUT2D eigenvalue weighted by Crippen LogP contribution is 2.50. The topological polar surface area (TPSA) is 276 Å². The van der Waals surface area contributed by atoms with Crippen molar-refractivity contribution in [2.24, 2.45) is 5.92 Å². The van der Waals surface area contributed by atoms with Gasteiger partial charge in [-0.05, 0) is 78.9 Å². The molecule has 2 aromatic carbocycles. The molecule has 1 atom stereocenters. The third-order valence-electron chi connectivity index (χ3n) is 11.7. The Bertz CT molecular complexity index is 2600. The van der Waals surface area contributed by atoms with Crippen LogP contribution in [0.1, 0.15) is 64.5 Å². The van der Waals surface area contributed by atoms with Gasteiger partial charge in [-0.3, -0.25) is 4.79 Å². The molecule has 60 heavy (non-hydrogen) atoms. The second-order valence-corrected chi connectivity index (χ2v) is 22.1. The van der Waals surface area contributed by atoms with E-state index in [-0.39, 0.29) is 19.6 Å². The van der Waals surface area contributed by atoms with E-state index in [4.69, 9.17) is 0 Å². The van der Waals surface area contributed by atoms with Crippen LogP contribution in [0.15, 0.2) is 93.0 Å². The first kappa shape index (κ1) is 45.3. The van der Waals surface area contributed by atoms with Gasteiger partial charge in [0.1, 0.15) is 32.7 Å². The first-order valence-corrected chi connectivity index (χ1v) is 24.9. The number of piperidine rings is 1. The quantitative estimate of drug-likeness (QED) is 0.251. The number of carbonyl (C=O) groups is 1. The second-order valence-electron chi connectivity index (χ2n) is 16.3. The number of hydrogen-bond acceptors (Lipinski definition) is 15. The number of carboxylic acid groups (broad SMARTS) is 1. The van der Waals surface area contributed by atoms with Crippen LogP contribution in [0.3, 0.4) is 0 Å². The zero-order valence-corrected chi connectivity index (χ0v) is 36.4. The summed E-state index contributed by atoms with van der Waals surface area (Å²) >= 11 is 0. The maximum atomic E-state index is 12.2. The molecule has 17 nitrogen and oxygen atoms in total. The molecule has 21 heteroatoms. The molecule has 4 aliphatic rings. The Hall–Kier alpha value is -4.22. The fourth-order valence-electron chi connectivity index (χ4n) is 8.69. The van der Waals surface area contributed by atoms with Crippen LogP contribution in [0.5, 0.6) is 0 Å². The lowest BCUT2D eigenvalue weighted by Crippen LogP contribution is -2.36. The summed E-state index contributed by atoms with van der Waals surface area (Å²) in [4.78, 5) is 14.4. The van der Waals surface area contributed by atoms with E-state index in [1.165, 1.54) is 24.3 Å². The summed E-state index contributed by atoms with van der Waals surface area (Å²) in [5, 5.41) is 9.99. The molecule has 326 valence electrons. The van der Waals surface area contributed by atoms with Crippen LogP contribution in [0.2, 0.25) is 0 Å². The molecule has 3 aliphatic heterocycles. The minimum atomic E-state index is -4.85. The highest BCUT2D eigenvalue weighted by atomic mass is 32.2. The van der Waals surface area contributed by atoms with Gasteiger partial charge in [0.15, 0.2) is 6.54 Å². The van der Waals surface area contributed by atoms with Crippen molar-refractivity contribution < 1.29 is 66.4 Å². The van der Waals surface area contributed by atoms with Gasteiger partial charge in [0.25, 0.3) is 0 Å². The van der Waals surface area contributed by atoms with E-state index in [0.717, 1.165) is 29.0 Å². The molecule has 0 radical (unpaired) electrons. The molecule has 1 saturated heterocycles. The van der Waals surface area contributed by atoms with E-state index in [9.17, 15) is 61.8 Å². The Kier molecular flexibility index (Phi) is 12.0. The second kappa shape index (κ2) is 15.9. The third kappa shape index (κ3) is 9.32. The average molecular weight is 907 g/mol. The molecular weight excluding hydrogens is 863 g/mol. The van der Waals surface area contributed by atoms with Crippen LogP contribution in [-0.4, -0.2) is 111 Å². The smallest absolute Gasteiger partial charge is 0.312 e. The molecular formula is C39H44N3O14S4-3. The Morgan fingerprint density at radius 1 is 0.717 bits per heavy atom. The zero-order valence-electron chi connectivity index (χ0n) is 33.2. The lowest BCUT2D eigenvalue weighted by Gasteiger charge is -2.27. The van der Waals surface area contributed by atoms with Crippen molar-refractivity contribution in [1.29, 1.82) is 0 Å². The summed E-state index contributed by atoms with van der Waals surface area (Å²) in [6, 6.07) is 7.52. The standard InChI is InChI=1S/C39H47N3O14S4/c1-38(2)30-22-28(59(51,52)53)11-13-32(30)41(18-20-57(45,46)47)34(38)15-9-25-7-8-26(36(25)40-17-5-6-27(24-40)37(43)44)10-16-35-39(3,4)31-23-29(60(54,55)56)12-14-33(31)42(35)19-21-58(48,49)50/h9-16,22-23,27H,5-8,17-21,24H2,1-4H3,(H4-,43,44,45,46,47,48,49,50,51,52,53,54,55,56)/p-3. The molecule has 0 amide bonds. The van der Waals surface area contributed by atoms with Crippen molar-refractivity contribution in [3.05, 3.63) is 94.4 Å². The number of aliphatic carboxylic acids is 1. The summed E-state index contributed by atoms with van der Waals surface area (Å²) < 4.78 is 145. The summed E-state index contributed by atoms with van der Waals surface area (Å²) in [7, 11) is -19.1. The van der Waals surface area contributed by atoms with E-state index >= 15 is 0 Å². The Balaban J connectivity index is 1.49. The monoisotopic (exact) mass is 906 g/mol. The molecule has 6 rings (SSSR count). The number of benzene rings is 2. The van der Waals surface area contributed by atoms with Crippen LogP contribution in [0.4, 0.5) is 11.4 Å². The van der Waals surface area contributed by atoms with Gasteiger partial charge < -0.3 is 33.1 Å². The molecule has 3 heterocycles. The van der Waals surface area contributed by atoms with Crippen molar-refractivity contribution in [2.75, 3.05) is 47.5 Å². The van der Waals surface area contributed by atoms with Gasteiger partial charge in [-0.1, -0.05) is 39.8 Å². The maximum absolute atomic E-state index is 12.2. The molecule has 2 fully saturated rings. The molecule has 1 unspecified atom stereocenters. The molecule has 1 N–H and O–H groups in total. The van der Waals surface area contributed by atoms with E-state index in [0.29, 0.717) is 66.1 Å². The molecule has 0 spiro atoms. The van der Waals surface area contributed by atoms with Crippen molar-refractivity contribution in [1.82, 2.24) is 0 Å². The van der Waals surface area contributed by atoms with Gasteiger partial charge in [-0.25, -0.2) is 38.2 Å². The Labute approximate surface area is 350 Å². The van der Waals surface area contributed by atoms with Gasteiger partial charge in [-0.2, -0.15) is 0 Å². The number of hydrogen-bond donors (Lipinski definition) is 1. The normalized spacial score (nSPS) is 23.3. The summed E-state index contributed by atoms with van der Waals surface area (Å²) in [6.07, 6.45) is 9.04. The largest absolute Gasteiger partial charge is 0.748 e. The molecule has 1 aliphatic carbocycles. The lowest BCUT2D eigenvalue weighted by atomic mass is 9.83. The number of carboxylic acids is 1. The van der Waals surface area contributed by atoms with Crippen LogP contribution >= 0.6 is 0 Å². The van der Waals surface area contributed by atoms with E-state index in [2.05, 4.69) is 0 Å². The molecule has 0 bridgehead atoms. The van der Waals surface area contributed by atoms with E-state index < -0.39 is 84.5 Å². The summed E-state index contributed by atoms with van der Waals surface area (Å²) in [5.74, 6) is -3.17. The minimum Gasteiger partial charge on any atom is -0.748 e. The van der Waals surface area contributed by atoms with Gasteiger partial charge in [0.2, 0.25) is 5.71 Å². The van der Waals surface area contributed by atoms with Crippen molar-refractivity contribution in [3.8, 4) is 0 Å². The Morgan fingerprint density at radius 2 is 1.13 bits per heavy atom. The first-order chi connectivity index (χ1) is 27.6. The number of fused-ring (bicyclic) bond motifs is 2. The molecule has 2 aromatic rings.